The molecule has 0 aliphatic rings. The van der Waals surface area contributed by atoms with Crippen LogP contribution in [-0.4, -0.2) is 6.10 Å². The molecule has 0 aliphatic heterocycles. The van der Waals surface area contributed by atoms with Gasteiger partial charge in [0.15, 0.2) is 0 Å². The van der Waals surface area contributed by atoms with E-state index in [2.05, 4.69) is 12.2 Å². The van der Waals surface area contributed by atoms with Crippen LogP contribution in [0.2, 0.25) is 0 Å². The van der Waals surface area contributed by atoms with E-state index in [1.165, 1.54) is 12.1 Å². The standard InChI is InChI=1S/C18H22FNO/c1-4-18(14-5-7-15(19)8-6-14)20-16-9-11-17(12-10-16)21-13(2)3/h5-13,18,20H,4H2,1-3H3. The summed E-state index contributed by atoms with van der Waals surface area (Å²) in [5, 5.41) is 3.47. The molecule has 0 heterocycles. The molecule has 0 amide bonds. The second kappa shape index (κ2) is 7.11. The number of hydrogen-bond donors (Lipinski definition) is 1. The summed E-state index contributed by atoms with van der Waals surface area (Å²) in [4.78, 5) is 0. The van der Waals surface area contributed by atoms with Gasteiger partial charge in [-0.1, -0.05) is 19.1 Å². The fraction of sp³-hybridized carbons (Fsp3) is 0.333. The van der Waals surface area contributed by atoms with Crippen LogP contribution in [0, 0.1) is 5.82 Å². The summed E-state index contributed by atoms with van der Waals surface area (Å²) in [6, 6.07) is 14.7. The molecule has 0 radical (unpaired) electrons. The highest BCUT2D eigenvalue weighted by atomic mass is 19.1. The van der Waals surface area contributed by atoms with Crippen LogP contribution in [0.1, 0.15) is 38.8 Å². The molecule has 0 aromatic heterocycles. The minimum Gasteiger partial charge on any atom is -0.491 e. The Bertz CT molecular complexity index is 548. The highest BCUT2D eigenvalue weighted by molar-refractivity contribution is 5.48. The summed E-state index contributed by atoms with van der Waals surface area (Å²) < 4.78 is 18.6. The van der Waals surface area contributed by atoms with Gasteiger partial charge in [-0.05, 0) is 62.2 Å². The van der Waals surface area contributed by atoms with E-state index in [-0.39, 0.29) is 18.0 Å². The van der Waals surface area contributed by atoms with Crippen LogP contribution >= 0.6 is 0 Å². The summed E-state index contributed by atoms with van der Waals surface area (Å²) in [5.74, 6) is 0.661. The van der Waals surface area contributed by atoms with E-state index in [0.717, 1.165) is 23.4 Å². The molecule has 0 fully saturated rings. The zero-order valence-electron chi connectivity index (χ0n) is 12.8. The van der Waals surface area contributed by atoms with Crippen molar-refractivity contribution in [3.05, 3.63) is 59.9 Å². The van der Waals surface area contributed by atoms with Crippen LogP contribution in [0.25, 0.3) is 0 Å². The number of ether oxygens (including phenoxy) is 1. The summed E-state index contributed by atoms with van der Waals surface area (Å²) in [6.45, 7) is 6.12. The molecule has 2 rings (SSSR count). The van der Waals surface area contributed by atoms with Crippen LogP contribution in [0.4, 0.5) is 10.1 Å². The molecule has 0 spiro atoms. The minimum atomic E-state index is -0.205. The average molecular weight is 287 g/mol. The first-order valence-corrected chi connectivity index (χ1v) is 7.37. The van der Waals surface area contributed by atoms with Crippen LogP contribution in [0.15, 0.2) is 48.5 Å². The van der Waals surface area contributed by atoms with Gasteiger partial charge in [0.2, 0.25) is 0 Å². The van der Waals surface area contributed by atoms with Crippen LogP contribution in [0.3, 0.4) is 0 Å². The maximum absolute atomic E-state index is 13.0. The van der Waals surface area contributed by atoms with E-state index < -0.39 is 0 Å². The normalized spacial score (nSPS) is 12.2. The van der Waals surface area contributed by atoms with E-state index in [0.29, 0.717) is 0 Å². The van der Waals surface area contributed by atoms with Crippen molar-refractivity contribution < 1.29 is 9.13 Å². The van der Waals surface area contributed by atoms with Gasteiger partial charge in [-0.15, -0.1) is 0 Å². The van der Waals surface area contributed by atoms with Gasteiger partial charge in [0.05, 0.1) is 12.1 Å². The maximum Gasteiger partial charge on any atom is 0.123 e. The molecule has 1 N–H and O–H groups in total. The number of nitrogens with one attached hydrogen (secondary N) is 1. The molecule has 2 aromatic carbocycles. The Morgan fingerprint density at radius 3 is 2.14 bits per heavy atom. The van der Waals surface area contributed by atoms with E-state index in [9.17, 15) is 4.39 Å². The first-order chi connectivity index (χ1) is 10.1. The second-order valence-electron chi connectivity index (χ2n) is 5.35. The van der Waals surface area contributed by atoms with Gasteiger partial charge in [-0.2, -0.15) is 0 Å². The smallest absolute Gasteiger partial charge is 0.123 e. The number of rotatable bonds is 6. The van der Waals surface area contributed by atoms with Gasteiger partial charge in [0.1, 0.15) is 11.6 Å². The second-order valence-corrected chi connectivity index (χ2v) is 5.35. The van der Waals surface area contributed by atoms with Crippen molar-refractivity contribution in [3.8, 4) is 5.75 Å². The first-order valence-electron chi connectivity index (χ1n) is 7.37. The lowest BCUT2D eigenvalue weighted by Gasteiger charge is -2.19. The molecular weight excluding hydrogens is 265 g/mol. The first kappa shape index (κ1) is 15.4. The number of hydrogen-bond acceptors (Lipinski definition) is 2. The molecule has 0 aliphatic carbocycles. The zero-order valence-corrected chi connectivity index (χ0v) is 12.8. The molecule has 0 bridgehead atoms. The van der Waals surface area contributed by atoms with E-state index in [1.807, 2.05) is 50.2 Å². The lowest BCUT2D eigenvalue weighted by atomic mass is 10.0. The number of benzene rings is 2. The van der Waals surface area contributed by atoms with Crippen molar-refractivity contribution in [1.29, 1.82) is 0 Å². The van der Waals surface area contributed by atoms with Crippen molar-refractivity contribution in [3.63, 3.8) is 0 Å². The third-order valence-corrected chi connectivity index (χ3v) is 3.25. The van der Waals surface area contributed by atoms with Crippen molar-refractivity contribution in [2.24, 2.45) is 0 Å². The Morgan fingerprint density at radius 1 is 1.00 bits per heavy atom. The fourth-order valence-corrected chi connectivity index (χ4v) is 2.22. The fourth-order valence-electron chi connectivity index (χ4n) is 2.22. The molecule has 1 unspecified atom stereocenters. The molecule has 2 aromatic rings. The average Bonchev–Trinajstić information content (AvgIpc) is 2.47. The van der Waals surface area contributed by atoms with Gasteiger partial charge in [-0.3, -0.25) is 0 Å². The Labute approximate surface area is 126 Å². The van der Waals surface area contributed by atoms with Crippen LogP contribution in [-0.2, 0) is 0 Å². The summed E-state index contributed by atoms with van der Waals surface area (Å²) in [5.41, 5.74) is 2.11. The SMILES string of the molecule is CCC(Nc1ccc(OC(C)C)cc1)c1ccc(F)cc1. The van der Waals surface area contributed by atoms with Crippen molar-refractivity contribution >= 4 is 5.69 Å². The topological polar surface area (TPSA) is 21.3 Å². The third-order valence-electron chi connectivity index (χ3n) is 3.25. The van der Waals surface area contributed by atoms with Crippen molar-refractivity contribution in [1.82, 2.24) is 0 Å². The van der Waals surface area contributed by atoms with Gasteiger partial charge in [0.25, 0.3) is 0 Å². The monoisotopic (exact) mass is 287 g/mol. The number of halogens is 1. The maximum atomic E-state index is 13.0. The third kappa shape index (κ3) is 4.48. The highest BCUT2D eigenvalue weighted by Crippen LogP contribution is 2.24. The summed E-state index contributed by atoms with van der Waals surface area (Å²) in [7, 11) is 0. The lowest BCUT2D eigenvalue weighted by Crippen LogP contribution is -2.10. The Kier molecular flexibility index (Phi) is 5.20. The van der Waals surface area contributed by atoms with Gasteiger partial charge in [-0.25, -0.2) is 4.39 Å². The predicted molar refractivity (Wildman–Crippen MR) is 85.3 cm³/mol. The van der Waals surface area contributed by atoms with E-state index >= 15 is 0 Å². The summed E-state index contributed by atoms with van der Waals surface area (Å²) >= 11 is 0. The summed E-state index contributed by atoms with van der Waals surface area (Å²) in [6.07, 6.45) is 1.10. The van der Waals surface area contributed by atoms with Crippen molar-refractivity contribution in [2.75, 3.05) is 5.32 Å². The minimum absolute atomic E-state index is 0.169. The molecule has 0 saturated heterocycles. The van der Waals surface area contributed by atoms with Crippen LogP contribution in [0.5, 0.6) is 5.75 Å². The molecule has 2 nitrogen and oxygen atoms in total. The van der Waals surface area contributed by atoms with Crippen molar-refractivity contribution in [2.45, 2.75) is 39.3 Å². The molecule has 112 valence electrons. The predicted octanol–water partition coefficient (Wildman–Crippen LogP) is 5.18. The zero-order chi connectivity index (χ0) is 15.2. The molecule has 3 heteroatoms. The Hall–Kier alpha value is -2.03. The quantitative estimate of drug-likeness (QED) is 0.790. The van der Waals surface area contributed by atoms with Gasteiger partial charge >= 0.3 is 0 Å². The van der Waals surface area contributed by atoms with Crippen LogP contribution < -0.4 is 10.1 Å². The molecule has 1 atom stereocenters. The largest absolute Gasteiger partial charge is 0.491 e. The Balaban J connectivity index is 2.06. The molecular formula is C18H22FNO. The van der Waals surface area contributed by atoms with E-state index in [4.69, 9.17) is 4.74 Å². The Morgan fingerprint density at radius 2 is 1.62 bits per heavy atom. The number of anilines is 1. The molecule has 21 heavy (non-hydrogen) atoms. The molecule has 0 saturated carbocycles. The van der Waals surface area contributed by atoms with E-state index in [1.54, 1.807) is 0 Å². The highest BCUT2D eigenvalue weighted by Gasteiger charge is 2.09. The van der Waals surface area contributed by atoms with Gasteiger partial charge < -0.3 is 10.1 Å². The lowest BCUT2D eigenvalue weighted by molar-refractivity contribution is 0.242. The van der Waals surface area contributed by atoms with Gasteiger partial charge in [0, 0.05) is 5.69 Å².